The van der Waals surface area contributed by atoms with Crippen molar-refractivity contribution in [3.05, 3.63) is 35.9 Å². The minimum Gasteiger partial charge on any atom is -0.393 e. The van der Waals surface area contributed by atoms with Crippen molar-refractivity contribution in [1.82, 2.24) is 4.90 Å². The first-order valence-corrected chi connectivity index (χ1v) is 6.21. The molecule has 17 heavy (non-hydrogen) atoms. The molecule has 2 N–H and O–H groups in total. The Morgan fingerprint density at radius 3 is 2.65 bits per heavy atom. The predicted molar refractivity (Wildman–Crippen MR) is 71.8 cm³/mol. The summed E-state index contributed by atoms with van der Waals surface area (Å²) in [6, 6.07) is 9.90. The molecule has 1 amide bonds. The molecule has 1 atom stereocenters. The van der Waals surface area contributed by atoms with Crippen LogP contribution in [-0.2, 0) is 4.79 Å². The molecule has 4 heteroatoms. The number of benzene rings is 1. The van der Waals surface area contributed by atoms with Gasteiger partial charge in [-0.05, 0) is 12.0 Å². The molecule has 1 aliphatic heterocycles. The number of hydrogen-bond donors (Lipinski definition) is 1. The molecule has 0 spiro atoms. The normalized spacial score (nSPS) is 17.2. The highest BCUT2D eigenvalue weighted by Crippen LogP contribution is 2.20. The molecule has 0 bridgehead atoms. The van der Waals surface area contributed by atoms with E-state index < -0.39 is 0 Å². The third-order valence-corrected chi connectivity index (χ3v) is 3.40. The van der Waals surface area contributed by atoms with Gasteiger partial charge in [0.15, 0.2) is 0 Å². The van der Waals surface area contributed by atoms with Gasteiger partial charge >= 0.3 is 0 Å². The largest absolute Gasteiger partial charge is 0.393 e. The lowest BCUT2D eigenvalue weighted by molar-refractivity contribution is -0.127. The van der Waals surface area contributed by atoms with Crippen LogP contribution in [0.15, 0.2) is 30.3 Å². The first-order chi connectivity index (χ1) is 8.18. The maximum Gasteiger partial charge on any atom is 0.222 e. The van der Waals surface area contributed by atoms with Gasteiger partial charge in [0.2, 0.25) is 5.91 Å². The highest BCUT2D eigenvalue weighted by atomic mass is 32.1. The SMILES string of the molecule is NC(=S)C(CN1CCCC1=O)c1ccccc1. The van der Waals surface area contributed by atoms with Gasteiger partial charge in [0, 0.05) is 19.5 Å². The predicted octanol–water partition coefficient (Wildman–Crippen LogP) is 1.68. The van der Waals surface area contributed by atoms with Crippen molar-refractivity contribution in [2.45, 2.75) is 18.8 Å². The summed E-state index contributed by atoms with van der Waals surface area (Å²) in [5.74, 6) is 0.176. The van der Waals surface area contributed by atoms with Crippen LogP contribution in [0.2, 0.25) is 0 Å². The van der Waals surface area contributed by atoms with Gasteiger partial charge in [0.25, 0.3) is 0 Å². The summed E-state index contributed by atoms with van der Waals surface area (Å²) in [6.45, 7) is 1.43. The fourth-order valence-corrected chi connectivity index (χ4v) is 2.37. The molecule has 0 aliphatic carbocycles. The summed E-state index contributed by atoms with van der Waals surface area (Å²) < 4.78 is 0. The zero-order chi connectivity index (χ0) is 12.3. The molecule has 1 heterocycles. The molecular weight excluding hydrogens is 232 g/mol. The number of carbonyl (C=O) groups is 1. The summed E-state index contributed by atoms with van der Waals surface area (Å²) in [5, 5.41) is 0. The number of hydrogen-bond acceptors (Lipinski definition) is 2. The average molecular weight is 248 g/mol. The van der Waals surface area contributed by atoms with Crippen molar-refractivity contribution in [2.75, 3.05) is 13.1 Å². The second kappa shape index (κ2) is 5.27. The van der Waals surface area contributed by atoms with Crippen LogP contribution in [0.1, 0.15) is 24.3 Å². The molecule has 0 radical (unpaired) electrons. The monoisotopic (exact) mass is 248 g/mol. The number of nitrogens with two attached hydrogens (primary N) is 1. The van der Waals surface area contributed by atoms with Crippen LogP contribution in [0.5, 0.6) is 0 Å². The molecule has 1 aliphatic rings. The van der Waals surface area contributed by atoms with Gasteiger partial charge in [0.05, 0.1) is 10.9 Å². The van der Waals surface area contributed by atoms with E-state index in [1.807, 2.05) is 35.2 Å². The van der Waals surface area contributed by atoms with E-state index in [4.69, 9.17) is 18.0 Å². The highest BCUT2D eigenvalue weighted by Gasteiger charge is 2.25. The topological polar surface area (TPSA) is 46.3 Å². The lowest BCUT2D eigenvalue weighted by atomic mass is 9.98. The van der Waals surface area contributed by atoms with Crippen molar-refractivity contribution in [3.63, 3.8) is 0 Å². The van der Waals surface area contributed by atoms with Gasteiger partial charge in [-0.15, -0.1) is 0 Å². The summed E-state index contributed by atoms with van der Waals surface area (Å²) in [7, 11) is 0. The number of amides is 1. The first kappa shape index (κ1) is 12.0. The van der Waals surface area contributed by atoms with Gasteiger partial charge in [-0.2, -0.15) is 0 Å². The van der Waals surface area contributed by atoms with Crippen LogP contribution in [0.4, 0.5) is 0 Å². The Morgan fingerprint density at radius 1 is 1.41 bits per heavy atom. The van der Waals surface area contributed by atoms with E-state index in [9.17, 15) is 4.79 Å². The van der Waals surface area contributed by atoms with Gasteiger partial charge in [-0.1, -0.05) is 42.5 Å². The molecule has 1 fully saturated rings. The summed E-state index contributed by atoms with van der Waals surface area (Å²) >= 11 is 5.11. The van der Waals surface area contributed by atoms with E-state index in [0.717, 1.165) is 18.5 Å². The number of nitrogens with zero attached hydrogens (tertiary/aromatic N) is 1. The Kier molecular flexibility index (Phi) is 3.74. The molecule has 90 valence electrons. The molecular formula is C13H16N2OS. The summed E-state index contributed by atoms with van der Waals surface area (Å²) in [4.78, 5) is 13.9. The second-order valence-electron chi connectivity index (χ2n) is 4.31. The van der Waals surface area contributed by atoms with Crippen LogP contribution < -0.4 is 5.73 Å². The Balaban J connectivity index is 2.13. The van der Waals surface area contributed by atoms with Crippen molar-refractivity contribution >= 4 is 23.1 Å². The van der Waals surface area contributed by atoms with E-state index >= 15 is 0 Å². The van der Waals surface area contributed by atoms with Crippen LogP contribution in [0.3, 0.4) is 0 Å². The van der Waals surface area contributed by atoms with E-state index in [2.05, 4.69) is 0 Å². The van der Waals surface area contributed by atoms with Crippen molar-refractivity contribution in [2.24, 2.45) is 5.73 Å². The summed E-state index contributed by atoms with van der Waals surface area (Å²) in [5.41, 5.74) is 6.87. The third-order valence-electron chi connectivity index (χ3n) is 3.12. The number of rotatable bonds is 4. The molecule has 0 saturated carbocycles. The quantitative estimate of drug-likeness (QED) is 0.825. The van der Waals surface area contributed by atoms with Crippen LogP contribution >= 0.6 is 12.2 Å². The first-order valence-electron chi connectivity index (χ1n) is 5.80. The molecule has 1 aromatic carbocycles. The van der Waals surface area contributed by atoms with E-state index in [0.29, 0.717) is 18.0 Å². The number of likely N-dealkylation sites (tertiary alicyclic amines) is 1. The lowest BCUT2D eigenvalue weighted by Gasteiger charge is -2.23. The zero-order valence-corrected chi connectivity index (χ0v) is 10.5. The molecule has 2 rings (SSSR count). The Labute approximate surface area is 107 Å². The molecule has 1 unspecified atom stereocenters. The Bertz CT molecular complexity index is 419. The lowest BCUT2D eigenvalue weighted by Crippen LogP contribution is -2.34. The maximum atomic E-state index is 11.6. The van der Waals surface area contributed by atoms with Gasteiger partial charge < -0.3 is 10.6 Å². The average Bonchev–Trinajstić information content (AvgIpc) is 2.72. The van der Waals surface area contributed by atoms with E-state index in [1.165, 1.54) is 0 Å². The molecule has 1 saturated heterocycles. The number of carbonyl (C=O) groups excluding carboxylic acids is 1. The van der Waals surface area contributed by atoms with E-state index in [1.54, 1.807) is 0 Å². The molecule has 3 nitrogen and oxygen atoms in total. The fourth-order valence-electron chi connectivity index (χ4n) is 2.16. The minimum absolute atomic E-state index is 0.0340. The molecule has 1 aromatic rings. The summed E-state index contributed by atoms with van der Waals surface area (Å²) in [6.07, 6.45) is 1.59. The van der Waals surface area contributed by atoms with Crippen molar-refractivity contribution < 1.29 is 4.79 Å². The number of thiocarbonyl (C=S) groups is 1. The van der Waals surface area contributed by atoms with E-state index in [-0.39, 0.29) is 11.8 Å². The van der Waals surface area contributed by atoms with Crippen LogP contribution in [0, 0.1) is 0 Å². The van der Waals surface area contributed by atoms with Crippen LogP contribution in [0.25, 0.3) is 0 Å². The van der Waals surface area contributed by atoms with Crippen molar-refractivity contribution in [1.29, 1.82) is 0 Å². The smallest absolute Gasteiger partial charge is 0.222 e. The van der Waals surface area contributed by atoms with Gasteiger partial charge in [-0.25, -0.2) is 0 Å². The van der Waals surface area contributed by atoms with Crippen molar-refractivity contribution in [3.8, 4) is 0 Å². The Hall–Kier alpha value is -1.42. The minimum atomic E-state index is -0.0340. The third kappa shape index (κ3) is 2.82. The highest BCUT2D eigenvalue weighted by molar-refractivity contribution is 7.80. The standard InChI is InChI=1S/C13H16N2OS/c14-13(17)11(10-5-2-1-3-6-10)9-15-8-4-7-12(15)16/h1-3,5-6,11H,4,7-9H2,(H2,14,17). The maximum absolute atomic E-state index is 11.6. The van der Waals surface area contributed by atoms with Gasteiger partial charge in [-0.3, -0.25) is 4.79 Å². The fraction of sp³-hybridized carbons (Fsp3) is 0.385. The van der Waals surface area contributed by atoms with Crippen LogP contribution in [-0.4, -0.2) is 28.9 Å². The Morgan fingerprint density at radius 2 is 2.12 bits per heavy atom. The van der Waals surface area contributed by atoms with Gasteiger partial charge in [0.1, 0.15) is 0 Å². The molecule has 0 aromatic heterocycles. The second-order valence-corrected chi connectivity index (χ2v) is 4.78. The zero-order valence-electron chi connectivity index (χ0n) is 9.63.